The Morgan fingerprint density at radius 2 is 2.00 bits per heavy atom. The summed E-state index contributed by atoms with van der Waals surface area (Å²) in [5.41, 5.74) is 0.205. The van der Waals surface area contributed by atoms with Crippen LogP contribution < -0.4 is 20.1 Å². The van der Waals surface area contributed by atoms with Gasteiger partial charge in [0.15, 0.2) is 17.5 Å². The van der Waals surface area contributed by atoms with E-state index in [9.17, 15) is 0 Å². The van der Waals surface area contributed by atoms with Gasteiger partial charge < -0.3 is 24.8 Å². The van der Waals surface area contributed by atoms with E-state index < -0.39 is 0 Å². The largest absolute Gasteiger partial charge is 0.493 e. The number of aliphatic imine (C=N–C) groups is 1. The summed E-state index contributed by atoms with van der Waals surface area (Å²) in [6, 6.07) is 7.64. The third-order valence-corrected chi connectivity index (χ3v) is 3.76. The van der Waals surface area contributed by atoms with Crippen LogP contribution in [-0.4, -0.2) is 52.5 Å². The van der Waals surface area contributed by atoms with Crippen molar-refractivity contribution in [2.24, 2.45) is 10.4 Å². The normalized spacial score (nSPS) is 17.8. The smallest absolute Gasteiger partial charge is 0.191 e. The highest BCUT2D eigenvalue weighted by Gasteiger charge is 2.33. The number of hydrogen-bond acceptors (Lipinski definition) is 4. The molecule has 6 nitrogen and oxygen atoms in total. The van der Waals surface area contributed by atoms with E-state index in [1.807, 2.05) is 31.2 Å². The predicted octanol–water partition coefficient (Wildman–Crippen LogP) is 1.66. The van der Waals surface area contributed by atoms with Gasteiger partial charge in [0.25, 0.3) is 0 Å². The molecule has 1 aromatic rings. The zero-order valence-corrected chi connectivity index (χ0v) is 14.4. The van der Waals surface area contributed by atoms with Gasteiger partial charge in [-0.05, 0) is 19.1 Å². The summed E-state index contributed by atoms with van der Waals surface area (Å²) in [7, 11) is 3.41. The van der Waals surface area contributed by atoms with Crippen LogP contribution in [0, 0.1) is 5.41 Å². The molecule has 0 bridgehead atoms. The topological polar surface area (TPSA) is 64.1 Å². The number of benzene rings is 1. The second-order valence-corrected chi connectivity index (χ2v) is 6.19. The maximum Gasteiger partial charge on any atom is 0.191 e. The van der Waals surface area contributed by atoms with E-state index in [0.717, 1.165) is 37.2 Å². The minimum atomic E-state index is -0.0209. The molecule has 2 rings (SSSR count). The van der Waals surface area contributed by atoms with Crippen molar-refractivity contribution in [3.8, 4) is 11.5 Å². The Labute approximate surface area is 138 Å². The predicted molar refractivity (Wildman–Crippen MR) is 91.4 cm³/mol. The Kier molecular flexibility index (Phi) is 6.10. The molecule has 0 saturated carbocycles. The number of nitrogens with zero attached hydrogens (tertiary/aromatic N) is 1. The van der Waals surface area contributed by atoms with Gasteiger partial charge in [-0.2, -0.15) is 0 Å². The lowest BCUT2D eigenvalue weighted by Gasteiger charge is -2.38. The number of rotatable bonds is 7. The van der Waals surface area contributed by atoms with Crippen molar-refractivity contribution >= 4 is 5.96 Å². The van der Waals surface area contributed by atoms with Crippen LogP contribution in [0.4, 0.5) is 0 Å². The first kappa shape index (κ1) is 17.4. The summed E-state index contributed by atoms with van der Waals surface area (Å²) in [5, 5.41) is 6.61. The molecule has 1 heterocycles. The maximum absolute atomic E-state index is 5.92. The Bertz CT molecular complexity index is 530. The van der Waals surface area contributed by atoms with Crippen LogP contribution in [-0.2, 0) is 4.74 Å². The van der Waals surface area contributed by atoms with E-state index in [0.29, 0.717) is 6.54 Å². The fraction of sp³-hybridized carbons (Fsp3) is 0.588. The first-order chi connectivity index (χ1) is 11.1. The number of guanidine groups is 1. The summed E-state index contributed by atoms with van der Waals surface area (Å²) in [4.78, 5) is 4.24. The average molecular weight is 321 g/mol. The van der Waals surface area contributed by atoms with Crippen LogP contribution >= 0.6 is 0 Å². The molecular weight excluding hydrogens is 294 g/mol. The van der Waals surface area contributed by atoms with Gasteiger partial charge in [0.2, 0.25) is 0 Å². The third-order valence-electron chi connectivity index (χ3n) is 3.76. The van der Waals surface area contributed by atoms with Crippen LogP contribution in [0.2, 0.25) is 0 Å². The minimum Gasteiger partial charge on any atom is -0.493 e. The van der Waals surface area contributed by atoms with Crippen molar-refractivity contribution in [2.75, 3.05) is 40.5 Å². The Morgan fingerprint density at radius 3 is 2.57 bits per heavy atom. The number of para-hydroxylation sites is 2. The molecule has 128 valence electrons. The molecular formula is C17H27N3O3. The quantitative estimate of drug-likeness (QED) is 0.591. The number of hydrogen-bond donors (Lipinski definition) is 2. The Hall–Kier alpha value is -1.95. The van der Waals surface area contributed by atoms with E-state index in [1.165, 1.54) is 0 Å². The van der Waals surface area contributed by atoms with Crippen molar-refractivity contribution in [1.82, 2.24) is 10.6 Å². The third kappa shape index (κ3) is 5.03. The van der Waals surface area contributed by atoms with Crippen molar-refractivity contribution in [2.45, 2.75) is 20.0 Å². The molecule has 0 radical (unpaired) electrons. The second kappa shape index (κ2) is 8.06. The Morgan fingerprint density at radius 1 is 1.30 bits per heavy atom. The van der Waals surface area contributed by atoms with Crippen LogP contribution in [0.15, 0.2) is 29.3 Å². The monoisotopic (exact) mass is 321 g/mol. The second-order valence-electron chi connectivity index (χ2n) is 6.19. The molecule has 0 aromatic heterocycles. The molecule has 0 aliphatic carbocycles. The SMILES string of the molecule is CN=C(NCC(C)Oc1ccccc1OC)NCC1(C)COC1. The summed E-state index contributed by atoms with van der Waals surface area (Å²) in [6.07, 6.45) is -0.0209. The van der Waals surface area contributed by atoms with Gasteiger partial charge in [-0.1, -0.05) is 19.1 Å². The van der Waals surface area contributed by atoms with E-state index in [2.05, 4.69) is 22.5 Å². The molecule has 1 aliphatic rings. The van der Waals surface area contributed by atoms with Gasteiger partial charge in [0, 0.05) is 19.0 Å². The molecule has 1 fully saturated rings. The highest BCUT2D eigenvalue weighted by atomic mass is 16.5. The van der Waals surface area contributed by atoms with Crippen LogP contribution in [0.1, 0.15) is 13.8 Å². The molecule has 2 N–H and O–H groups in total. The van der Waals surface area contributed by atoms with Crippen LogP contribution in [0.25, 0.3) is 0 Å². The molecule has 1 aromatic carbocycles. The van der Waals surface area contributed by atoms with Gasteiger partial charge in [0.1, 0.15) is 6.10 Å². The highest BCUT2D eigenvalue weighted by molar-refractivity contribution is 5.79. The minimum absolute atomic E-state index is 0.0209. The average Bonchev–Trinajstić information content (AvgIpc) is 2.53. The van der Waals surface area contributed by atoms with Crippen molar-refractivity contribution in [1.29, 1.82) is 0 Å². The van der Waals surface area contributed by atoms with Crippen molar-refractivity contribution < 1.29 is 14.2 Å². The first-order valence-corrected chi connectivity index (χ1v) is 7.88. The summed E-state index contributed by atoms with van der Waals surface area (Å²) >= 11 is 0. The van der Waals surface area contributed by atoms with Gasteiger partial charge in [-0.25, -0.2) is 0 Å². The molecule has 1 saturated heterocycles. The van der Waals surface area contributed by atoms with Crippen LogP contribution in [0.5, 0.6) is 11.5 Å². The lowest BCUT2D eigenvalue weighted by Crippen LogP contribution is -2.51. The fourth-order valence-corrected chi connectivity index (χ4v) is 2.29. The zero-order chi connectivity index (χ0) is 16.7. The van der Waals surface area contributed by atoms with Gasteiger partial charge in [-0.15, -0.1) is 0 Å². The van der Waals surface area contributed by atoms with E-state index in [-0.39, 0.29) is 11.5 Å². The van der Waals surface area contributed by atoms with Crippen molar-refractivity contribution in [3.63, 3.8) is 0 Å². The standard InChI is InChI=1S/C17H27N3O3/c1-13(23-15-8-6-5-7-14(15)21-4)9-19-16(18-3)20-10-17(2)11-22-12-17/h5-8,13H,9-12H2,1-4H3,(H2,18,19,20). The lowest BCUT2D eigenvalue weighted by atomic mass is 9.89. The van der Waals surface area contributed by atoms with Crippen LogP contribution in [0.3, 0.4) is 0 Å². The number of ether oxygens (including phenoxy) is 3. The highest BCUT2D eigenvalue weighted by Crippen LogP contribution is 2.26. The number of methoxy groups -OCH3 is 1. The molecule has 0 amide bonds. The fourth-order valence-electron chi connectivity index (χ4n) is 2.29. The molecule has 1 atom stereocenters. The van der Waals surface area contributed by atoms with Gasteiger partial charge in [0.05, 0.1) is 26.9 Å². The summed E-state index contributed by atoms with van der Waals surface area (Å²) in [5.74, 6) is 2.25. The number of nitrogens with one attached hydrogen (secondary N) is 2. The maximum atomic E-state index is 5.92. The molecule has 6 heteroatoms. The van der Waals surface area contributed by atoms with E-state index in [4.69, 9.17) is 14.2 Å². The Balaban J connectivity index is 1.77. The molecule has 1 unspecified atom stereocenters. The van der Waals surface area contributed by atoms with E-state index >= 15 is 0 Å². The summed E-state index contributed by atoms with van der Waals surface area (Å²) in [6.45, 7) is 7.28. The van der Waals surface area contributed by atoms with E-state index in [1.54, 1.807) is 14.2 Å². The first-order valence-electron chi connectivity index (χ1n) is 7.88. The van der Waals surface area contributed by atoms with Gasteiger partial charge in [-0.3, -0.25) is 4.99 Å². The zero-order valence-electron chi connectivity index (χ0n) is 14.4. The summed E-state index contributed by atoms with van der Waals surface area (Å²) < 4.78 is 16.5. The molecule has 1 aliphatic heterocycles. The molecule has 0 spiro atoms. The van der Waals surface area contributed by atoms with Gasteiger partial charge >= 0.3 is 0 Å². The van der Waals surface area contributed by atoms with Crippen molar-refractivity contribution in [3.05, 3.63) is 24.3 Å². The molecule has 23 heavy (non-hydrogen) atoms. The lowest BCUT2D eigenvalue weighted by molar-refractivity contribution is -0.0971.